The Bertz CT molecular complexity index is 1060. The fourth-order valence-electron chi connectivity index (χ4n) is 5.46. The third-order valence-corrected chi connectivity index (χ3v) is 7.22. The van der Waals surface area contributed by atoms with Gasteiger partial charge in [-0.25, -0.2) is 4.58 Å². The van der Waals surface area contributed by atoms with Gasteiger partial charge in [0, 0.05) is 23.7 Å². The number of rotatable bonds is 0. The van der Waals surface area contributed by atoms with E-state index in [4.69, 9.17) is 0 Å². The largest absolute Gasteiger partial charge is 0.504 e. The van der Waals surface area contributed by atoms with Crippen molar-refractivity contribution < 1.29 is 15.3 Å². The average molecular weight is 403 g/mol. The standard InChI is InChI=1S/C18H16BrN3O3/c19-8-5-18-2-3-20-12-10(18)13-9-7(6-21-11(9)16(12)24)1-4-22(13)14(15(8)23)17(18)25/h5-6,14-15,17,23,25H,1-4H2,(H,20,21,24)/p+1. The van der Waals surface area contributed by atoms with E-state index in [-0.39, 0.29) is 5.75 Å². The molecule has 5 aliphatic rings. The molecule has 4 unspecified atom stereocenters. The van der Waals surface area contributed by atoms with E-state index in [0.717, 1.165) is 41.1 Å². The van der Waals surface area contributed by atoms with Gasteiger partial charge < -0.3 is 20.6 Å². The van der Waals surface area contributed by atoms with Crippen molar-refractivity contribution in [2.45, 2.75) is 36.5 Å². The van der Waals surface area contributed by atoms with Crippen molar-refractivity contribution in [2.75, 3.05) is 18.4 Å². The van der Waals surface area contributed by atoms with E-state index in [9.17, 15) is 15.3 Å². The molecule has 7 heteroatoms. The summed E-state index contributed by atoms with van der Waals surface area (Å²) in [6, 6.07) is -0.395. The average Bonchev–Trinajstić information content (AvgIpc) is 3.03. The van der Waals surface area contributed by atoms with Crippen LogP contribution in [0.3, 0.4) is 0 Å². The van der Waals surface area contributed by atoms with Crippen molar-refractivity contribution in [3.05, 3.63) is 26.7 Å². The predicted molar refractivity (Wildman–Crippen MR) is 97.2 cm³/mol. The summed E-state index contributed by atoms with van der Waals surface area (Å²) in [4.78, 5) is 4.46. The van der Waals surface area contributed by atoms with Gasteiger partial charge in [0.15, 0.2) is 5.75 Å². The molecule has 6 nitrogen and oxygen atoms in total. The second-order valence-corrected chi connectivity index (χ2v) is 8.44. The molecule has 1 aliphatic carbocycles. The molecule has 1 spiro atoms. The Hall–Kier alpha value is -1.70. The van der Waals surface area contributed by atoms with E-state index in [1.165, 1.54) is 0 Å². The molecule has 4 aliphatic heterocycles. The fraction of sp³-hybridized carbons (Fsp3) is 0.444. The summed E-state index contributed by atoms with van der Waals surface area (Å²) in [5, 5.41) is 38.3. The topological polar surface area (TPSA) is 88.1 Å². The minimum absolute atomic E-state index is 0.169. The zero-order chi connectivity index (χ0) is 17.1. The zero-order valence-electron chi connectivity index (χ0n) is 13.3. The molecule has 4 heterocycles. The number of aliphatic imine (C=N–C) groups is 1. The van der Waals surface area contributed by atoms with Crippen molar-refractivity contribution in [3.8, 4) is 5.75 Å². The summed E-state index contributed by atoms with van der Waals surface area (Å²) >= 11 is 3.52. The van der Waals surface area contributed by atoms with E-state index in [1.807, 2.05) is 12.3 Å². The molecule has 6 rings (SSSR count). The highest BCUT2D eigenvalue weighted by atomic mass is 79.9. The van der Waals surface area contributed by atoms with E-state index < -0.39 is 23.7 Å². The summed E-state index contributed by atoms with van der Waals surface area (Å²) < 4.78 is 2.84. The van der Waals surface area contributed by atoms with Crippen LogP contribution in [-0.2, 0) is 5.41 Å². The predicted octanol–water partition coefficient (Wildman–Crippen LogP) is -0.397. The number of hydrogen-bond donors (Lipinski definition) is 4. The lowest BCUT2D eigenvalue weighted by Crippen LogP contribution is -2.71. The number of aromatic hydroxyl groups is 1. The molecular formula is C18H17BrN3O3+. The first-order valence-corrected chi connectivity index (χ1v) is 9.42. The highest BCUT2D eigenvalue weighted by Gasteiger charge is 2.60. The van der Waals surface area contributed by atoms with Gasteiger partial charge in [0.05, 0.1) is 21.9 Å². The first-order valence-electron chi connectivity index (χ1n) is 8.63. The molecule has 2 bridgehead atoms. The van der Waals surface area contributed by atoms with Crippen molar-refractivity contribution in [3.63, 3.8) is 0 Å². The van der Waals surface area contributed by atoms with Gasteiger partial charge in [0.2, 0.25) is 11.4 Å². The highest BCUT2D eigenvalue weighted by molar-refractivity contribution is 9.11. The van der Waals surface area contributed by atoms with Gasteiger partial charge in [-0.1, -0.05) is 22.0 Å². The van der Waals surface area contributed by atoms with Crippen LogP contribution in [0.25, 0.3) is 5.57 Å². The minimum atomic E-state index is -0.763. The Balaban J connectivity index is 1.91. The third-order valence-electron chi connectivity index (χ3n) is 6.52. The van der Waals surface area contributed by atoms with Crippen molar-refractivity contribution in [1.29, 1.82) is 0 Å². The summed E-state index contributed by atoms with van der Waals surface area (Å²) in [6.45, 7) is 1.37. The van der Waals surface area contributed by atoms with Gasteiger partial charge in [0.1, 0.15) is 24.4 Å². The summed E-state index contributed by atoms with van der Waals surface area (Å²) in [5.74, 6) is 0.169. The van der Waals surface area contributed by atoms with E-state index in [0.29, 0.717) is 22.4 Å². The van der Waals surface area contributed by atoms with E-state index in [2.05, 4.69) is 30.8 Å². The molecule has 0 aromatic heterocycles. The molecule has 4 atom stereocenters. The van der Waals surface area contributed by atoms with Gasteiger partial charge in [-0.2, -0.15) is 0 Å². The number of fused-ring (bicyclic) bond motifs is 2. The Morgan fingerprint density at radius 1 is 1.36 bits per heavy atom. The number of nitrogens with one attached hydrogen (secondary N) is 1. The second-order valence-electron chi connectivity index (χ2n) is 7.52. The normalized spacial score (nSPS) is 36.1. The van der Waals surface area contributed by atoms with Crippen molar-refractivity contribution in [1.82, 2.24) is 4.58 Å². The number of aliphatic hydroxyl groups excluding tert-OH is 2. The van der Waals surface area contributed by atoms with Gasteiger partial charge in [-0.15, -0.1) is 0 Å². The van der Waals surface area contributed by atoms with Crippen LogP contribution in [0.2, 0.25) is 0 Å². The van der Waals surface area contributed by atoms with Gasteiger partial charge in [-0.05, 0) is 12.0 Å². The lowest BCUT2D eigenvalue weighted by Gasteiger charge is -2.48. The number of halogens is 1. The summed E-state index contributed by atoms with van der Waals surface area (Å²) in [5.41, 5.74) is 2.77. The fourth-order valence-corrected chi connectivity index (χ4v) is 6.14. The number of nitrogens with zero attached hydrogens (tertiary/aromatic N) is 2. The first-order chi connectivity index (χ1) is 12.0. The van der Waals surface area contributed by atoms with Crippen LogP contribution in [0.4, 0.5) is 11.4 Å². The van der Waals surface area contributed by atoms with Crippen molar-refractivity contribution >= 4 is 39.1 Å². The molecule has 0 saturated carbocycles. The maximum absolute atomic E-state index is 11.3. The van der Waals surface area contributed by atoms with Crippen LogP contribution in [0.15, 0.2) is 15.6 Å². The van der Waals surface area contributed by atoms with Crippen LogP contribution in [0, 0.1) is 0 Å². The van der Waals surface area contributed by atoms with Crippen molar-refractivity contribution in [2.24, 2.45) is 4.99 Å². The van der Waals surface area contributed by atoms with Crippen LogP contribution in [0.5, 0.6) is 5.75 Å². The number of benzene rings is 1. The molecule has 25 heavy (non-hydrogen) atoms. The zero-order valence-corrected chi connectivity index (χ0v) is 14.9. The Morgan fingerprint density at radius 2 is 2.20 bits per heavy atom. The van der Waals surface area contributed by atoms with E-state index >= 15 is 0 Å². The first kappa shape index (κ1) is 14.5. The third kappa shape index (κ3) is 1.43. The maximum Gasteiger partial charge on any atom is 0.216 e. The summed E-state index contributed by atoms with van der Waals surface area (Å²) in [6.07, 6.45) is 3.83. The Morgan fingerprint density at radius 3 is 3.04 bits per heavy atom. The van der Waals surface area contributed by atoms with E-state index in [1.54, 1.807) is 0 Å². The number of anilines is 1. The maximum atomic E-state index is 11.3. The number of aliphatic hydroxyl groups is 2. The van der Waals surface area contributed by atoms with Gasteiger partial charge in [0.25, 0.3) is 0 Å². The number of phenolic OH excluding ortho intramolecular Hbond substituents is 1. The monoisotopic (exact) mass is 402 g/mol. The minimum Gasteiger partial charge on any atom is -0.504 e. The molecule has 0 radical (unpaired) electrons. The molecule has 0 fully saturated rings. The quantitative estimate of drug-likeness (QED) is 0.351. The SMILES string of the molecule is Oc1c2c3c4c5c1N=CC=5CC[N+]=4C1C(O)C(Br)=CC3(CCN2)C1O. The second kappa shape index (κ2) is 4.34. The van der Waals surface area contributed by atoms with Crippen LogP contribution in [0.1, 0.15) is 18.4 Å². The molecule has 128 valence electrons. The number of hydrogen-bond acceptors (Lipinski definition) is 5. The highest BCUT2D eigenvalue weighted by Crippen LogP contribution is 2.51. The smallest absolute Gasteiger partial charge is 0.216 e. The lowest BCUT2D eigenvalue weighted by atomic mass is 9.62. The summed E-state index contributed by atoms with van der Waals surface area (Å²) in [7, 11) is 0. The van der Waals surface area contributed by atoms with Gasteiger partial charge in [-0.3, -0.25) is 4.99 Å². The Kier molecular flexibility index (Phi) is 2.51. The molecule has 0 amide bonds. The van der Waals surface area contributed by atoms with Crippen LogP contribution >= 0.6 is 15.9 Å². The van der Waals surface area contributed by atoms with Crippen LogP contribution < -0.4 is 20.5 Å². The van der Waals surface area contributed by atoms with Crippen LogP contribution in [-0.4, -0.2) is 52.9 Å². The molecule has 1 aromatic carbocycles. The van der Waals surface area contributed by atoms with Gasteiger partial charge >= 0.3 is 0 Å². The Labute approximate surface area is 151 Å². The molecule has 4 N–H and O–H groups in total. The number of phenols is 1. The molecule has 1 aromatic rings. The molecule has 0 saturated heterocycles. The lowest BCUT2D eigenvalue weighted by molar-refractivity contribution is -0.0136. The molecular weight excluding hydrogens is 386 g/mol.